The van der Waals surface area contributed by atoms with Gasteiger partial charge in [0.25, 0.3) is 0 Å². The standard InChI is InChI=1S/C23H20Cl2O2/c24-17-11-9-16(10-12-17)15-7-5-14(6-8-15)13-20-21(25)23(27)19-4-2-1-3-18(19)22(20)26/h1-4,9-12,14-15H,5-8,13H2. The van der Waals surface area contributed by atoms with Gasteiger partial charge in [-0.05, 0) is 61.6 Å². The smallest absolute Gasteiger partial charge is 0.205 e. The van der Waals surface area contributed by atoms with Crippen LogP contribution in [0.5, 0.6) is 0 Å². The van der Waals surface area contributed by atoms with Gasteiger partial charge < -0.3 is 0 Å². The summed E-state index contributed by atoms with van der Waals surface area (Å²) in [4.78, 5) is 25.4. The number of carbonyl (C=O) groups is 2. The van der Waals surface area contributed by atoms with Gasteiger partial charge in [-0.3, -0.25) is 9.59 Å². The van der Waals surface area contributed by atoms with Crippen molar-refractivity contribution in [3.63, 3.8) is 0 Å². The van der Waals surface area contributed by atoms with Crippen molar-refractivity contribution in [2.45, 2.75) is 38.0 Å². The summed E-state index contributed by atoms with van der Waals surface area (Å²) in [6.07, 6.45) is 4.81. The third-order valence-corrected chi connectivity index (χ3v) is 6.49. The highest BCUT2D eigenvalue weighted by Gasteiger charge is 2.33. The summed E-state index contributed by atoms with van der Waals surface area (Å²) < 4.78 is 0. The molecule has 1 fully saturated rings. The van der Waals surface area contributed by atoms with Gasteiger partial charge in [-0.2, -0.15) is 0 Å². The van der Waals surface area contributed by atoms with E-state index in [4.69, 9.17) is 23.2 Å². The zero-order valence-corrected chi connectivity index (χ0v) is 16.4. The lowest BCUT2D eigenvalue weighted by molar-refractivity contribution is 0.0974. The fourth-order valence-corrected chi connectivity index (χ4v) is 4.69. The molecule has 4 rings (SSSR count). The first kappa shape index (κ1) is 18.5. The second-order valence-corrected chi connectivity index (χ2v) is 8.28. The fraction of sp³-hybridized carbons (Fsp3) is 0.304. The Hall–Kier alpha value is -1.90. The maximum atomic E-state index is 12.9. The van der Waals surface area contributed by atoms with E-state index in [0.717, 1.165) is 30.7 Å². The van der Waals surface area contributed by atoms with E-state index in [1.807, 2.05) is 12.1 Å². The van der Waals surface area contributed by atoms with Gasteiger partial charge in [0.15, 0.2) is 5.78 Å². The van der Waals surface area contributed by atoms with Gasteiger partial charge in [0.2, 0.25) is 5.78 Å². The molecule has 27 heavy (non-hydrogen) atoms. The van der Waals surface area contributed by atoms with E-state index in [-0.39, 0.29) is 16.6 Å². The quantitative estimate of drug-likeness (QED) is 0.585. The van der Waals surface area contributed by atoms with Crippen molar-refractivity contribution >= 4 is 34.8 Å². The largest absolute Gasteiger partial charge is 0.289 e. The molecule has 0 atom stereocenters. The summed E-state index contributed by atoms with van der Waals surface area (Å²) in [6, 6.07) is 15.0. The molecule has 1 saturated carbocycles. The number of fused-ring (bicyclic) bond motifs is 1. The Labute approximate surface area is 169 Å². The maximum absolute atomic E-state index is 12.9. The molecule has 4 heteroatoms. The van der Waals surface area contributed by atoms with Crippen LogP contribution in [0.2, 0.25) is 5.02 Å². The van der Waals surface area contributed by atoms with Gasteiger partial charge in [-0.1, -0.05) is 59.6 Å². The molecule has 2 aliphatic rings. The molecule has 0 saturated heterocycles. The normalized spacial score (nSPS) is 22.7. The van der Waals surface area contributed by atoms with Crippen molar-refractivity contribution in [3.8, 4) is 0 Å². The van der Waals surface area contributed by atoms with Crippen molar-refractivity contribution in [1.29, 1.82) is 0 Å². The highest BCUT2D eigenvalue weighted by atomic mass is 35.5. The molecule has 0 radical (unpaired) electrons. The minimum atomic E-state index is -0.225. The predicted molar refractivity (Wildman–Crippen MR) is 109 cm³/mol. The molecule has 2 aromatic carbocycles. The van der Waals surface area contributed by atoms with Crippen molar-refractivity contribution in [1.82, 2.24) is 0 Å². The third-order valence-electron chi connectivity index (χ3n) is 5.84. The Morgan fingerprint density at radius 2 is 1.37 bits per heavy atom. The predicted octanol–water partition coefficient (Wildman–Crippen LogP) is 6.58. The zero-order chi connectivity index (χ0) is 19.0. The van der Waals surface area contributed by atoms with Crippen LogP contribution in [0, 0.1) is 5.92 Å². The number of ketones is 2. The Kier molecular flexibility index (Phi) is 5.21. The molecule has 0 aliphatic heterocycles. The van der Waals surface area contributed by atoms with Gasteiger partial charge in [0.05, 0.1) is 5.03 Å². The number of hydrogen-bond donors (Lipinski definition) is 0. The third kappa shape index (κ3) is 3.61. The lowest BCUT2D eigenvalue weighted by atomic mass is 9.75. The highest BCUT2D eigenvalue weighted by molar-refractivity contribution is 6.50. The Morgan fingerprint density at radius 1 is 0.778 bits per heavy atom. The van der Waals surface area contributed by atoms with E-state index in [1.165, 1.54) is 5.56 Å². The van der Waals surface area contributed by atoms with Crippen LogP contribution in [-0.4, -0.2) is 11.6 Å². The van der Waals surface area contributed by atoms with Crippen molar-refractivity contribution in [3.05, 3.63) is 80.8 Å². The number of Topliss-reactive ketones (excluding diaryl/α,β-unsaturated/α-hetero) is 2. The number of carbonyl (C=O) groups excluding carboxylic acids is 2. The first-order valence-corrected chi connectivity index (χ1v) is 10.1. The van der Waals surface area contributed by atoms with Crippen LogP contribution in [0.3, 0.4) is 0 Å². The van der Waals surface area contributed by atoms with E-state index >= 15 is 0 Å². The SMILES string of the molecule is O=C1C(Cl)=C(CC2CCC(c3ccc(Cl)cc3)CC2)C(=O)c2ccccc21. The van der Waals surface area contributed by atoms with E-state index in [9.17, 15) is 9.59 Å². The van der Waals surface area contributed by atoms with Crippen LogP contribution in [0.1, 0.15) is 64.3 Å². The molecular weight excluding hydrogens is 379 g/mol. The second-order valence-electron chi connectivity index (χ2n) is 7.47. The van der Waals surface area contributed by atoms with E-state index in [1.54, 1.807) is 24.3 Å². The van der Waals surface area contributed by atoms with Gasteiger partial charge in [0, 0.05) is 21.7 Å². The van der Waals surface area contributed by atoms with Crippen LogP contribution in [0.15, 0.2) is 59.1 Å². The van der Waals surface area contributed by atoms with Gasteiger partial charge in [-0.25, -0.2) is 0 Å². The molecule has 0 amide bonds. The average Bonchev–Trinajstić information content (AvgIpc) is 2.71. The van der Waals surface area contributed by atoms with Crippen LogP contribution in [0.4, 0.5) is 0 Å². The molecular formula is C23H20Cl2O2. The van der Waals surface area contributed by atoms with Crippen molar-refractivity contribution in [2.24, 2.45) is 5.92 Å². The summed E-state index contributed by atoms with van der Waals surface area (Å²) in [5.74, 6) is 0.610. The summed E-state index contributed by atoms with van der Waals surface area (Å²) in [5, 5.41) is 0.869. The Balaban J connectivity index is 1.46. The molecule has 0 spiro atoms. The lowest BCUT2D eigenvalue weighted by Gasteiger charge is -2.30. The van der Waals surface area contributed by atoms with E-state index in [2.05, 4.69) is 12.1 Å². The number of rotatable bonds is 3. The van der Waals surface area contributed by atoms with Crippen molar-refractivity contribution in [2.75, 3.05) is 0 Å². The van der Waals surface area contributed by atoms with Gasteiger partial charge in [0.1, 0.15) is 0 Å². The second kappa shape index (κ2) is 7.61. The van der Waals surface area contributed by atoms with Gasteiger partial charge >= 0.3 is 0 Å². The molecule has 138 valence electrons. The minimum absolute atomic E-state index is 0.0879. The highest BCUT2D eigenvalue weighted by Crippen LogP contribution is 2.40. The lowest BCUT2D eigenvalue weighted by Crippen LogP contribution is -2.23. The van der Waals surface area contributed by atoms with E-state index < -0.39 is 0 Å². The monoisotopic (exact) mass is 398 g/mol. The molecule has 0 unspecified atom stereocenters. The van der Waals surface area contributed by atoms with Crippen LogP contribution in [0.25, 0.3) is 0 Å². The molecule has 0 heterocycles. The number of allylic oxidation sites excluding steroid dienone is 2. The summed E-state index contributed by atoms with van der Waals surface area (Å²) in [6.45, 7) is 0. The fourth-order valence-electron chi connectivity index (χ4n) is 4.30. The zero-order valence-electron chi connectivity index (χ0n) is 14.9. The first-order valence-electron chi connectivity index (χ1n) is 9.37. The topological polar surface area (TPSA) is 34.1 Å². The number of hydrogen-bond acceptors (Lipinski definition) is 2. The summed E-state index contributed by atoms with van der Waals surface area (Å²) in [7, 11) is 0. The Morgan fingerprint density at radius 3 is 2.00 bits per heavy atom. The molecule has 0 bridgehead atoms. The van der Waals surface area contributed by atoms with Crippen molar-refractivity contribution < 1.29 is 9.59 Å². The van der Waals surface area contributed by atoms with Crippen LogP contribution < -0.4 is 0 Å². The van der Waals surface area contributed by atoms with Gasteiger partial charge in [-0.15, -0.1) is 0 Å². The average molecular weight is 399 g/mol. The van der Waals surface area contributed by atoms with E-state index in [0.29, 0.717) is 35.0 Å². The summed E-state index contributed by atoms with van der Waals surface area (Å²) >= 11 is 12.3. The number of benzene rings is 2. The minimum Gasteiger partial charge on any atom is -0.289 e. The van der Waals surface area contributed by atoms with Crippen LogP contribution in [-0.2, 0) is 0 Å². The number of halogens is 2. The molecule has 2 aromatic rings. The molecule has 0 N–H and O–H groups in total. The molecule has 2 aliphatic carbocycles. The Bertz CT molecular complexity index is 920. The van der Waals surface area contributed by atoms with Crippen LogP contribution >= 0.6 is 23.2 Å². The molecule has 2 nitrogen and oxygen atoms in total. The maximum Gasteiger partial charge on any atom is 0.205 e. The molecule has 0 aromatic heterocycles. The first-order chi connectivity index (χ1) is 13.0. The summed E-state index contributed by atoms with van der Waals surface area (Å²) in [5.41, 5.74) is 2.72.